The van der Waals surface area contributed by atoms with Gasteiger partial charge in [0.15, 0.2) is 0 Å². The van der Waals surface area contributed by atoms with E-state index in [4.69, 9.17) is 0 Å². The molecule has 0 spiro atoms. The second-order valence-electron chi connectivity index (χ2n) is 6.31. The third kappa shape index (κ3) is 3.66. The number of aryl methyl sites for hydroxylation is 2. The lowest BCUT2D eigenvalue weighted by atomic mass is 10.1. The third-order valence-corrected chi connectivity index (χ3v) is 4.50. The van der Waals surface area contributed by atoms with Gasteiger partial charge in [-0.1, -0.05) is 30.3 Å². The molecule has 1 fully saturated rings. The number of aliphatic hydroxyl groups is 1. The largest absolute Gasteiger partial charge is 0.387 e. The Bertz CT molecular complexity index is 690. The number of nitrogens with zero attached hydrogens (tertiary/aromatic N) is 4. The lowest BCUT2D eigenvalue weighted by Crippen LogP contribution is -2.49. The highest BCUT2D eigenvalue weighted by Gasteiger charge is 2.25. The molecule has 2 aromatic rings. The van der Waals surface area contributed by atoms with Crippen LogP contribution in [0.15, 0.2) is 36.4 Å². The molecule has 1 unspecified atom stereocenters. The molecule has 1 N–H and O–H groups in total. The molecule has 1 aromatic carbocycles. The molecule has 0 radical (unpaired) electrons. The van der Waals surface area contributed by atoms with Crippen LogP contribution in [0, 0.1) is 6.92 Å². The van der Waals surface area contributed by atoms with Crippen molar-refractivity contribution in [2.45, 2.75) is 13.0 Å². The van der Waals surface area contributed by atoms with E-state index >= 15 is 0 Å². The highest BCUT2D eigenvalue weighted by molar-refractivity contribution is 5.92. The van der Waals surface area contributed by atoms with E-state index in [1.54, 1.807) is 11.7 Å². The maximum absolute atomic E-state index is 12.6. The maximum Gasteiger partial charge on any atom is 0.272 e. The van der Waals surface area contributed by atoms with Gasteiger partial charge in [-0.3, -0.25) is 14.4 Å². The Kier molecular flexibility index (Phi) is 4.97. The van der Waals surface area contributed by atoms with Crippen LogP contribution < -0.4 is 0 Å². The first-order chi connectivity index (χ1) is 11.5. The second-order valence-corrected chi connectivity index (χ2v) is 6.31. The summed E-state index contributed by atoms with van der Waals surface area (Å²) in [6, 6.07) is 11.5. The fourth-order valence-electron chi connectivity index (χ4n) is 3.13. The van der Waals surface area contributed by atoms with Crippen LogP contribution in [-0.4, -0.2) is 63.3 Å². The number of β-amino-alcohol motifs (C(OH)–C–C–N with tert-alkyl or cyclic N) is 1. The summed E-state index contributed by atoms with van der Waals surface area (Å²) < 4.78 is 1.64. The minimum atomic E-state index is -0.492. The summed E-state index contributed by atoms with van der Waals surface area (Å²) in [4.78, 5) is 16.6. The maximum atomic E-state index is 12.6. The fraction of sp³-hybridized carbons (Fsp3) is 0.444. The number of rotatable bonds is 4. The van der Waals surface area contributed by atoms with Gasteiger partial charge >= 0.3 is 0 Å². The lowest BCUT2D eigenvalue weighted by Gasteiger charge is -2.35. The normalized spacial score (nSPS) is 17.0. The number of aromatic nitrogens is 2. The van der Waals surface area contributed by atoms with E-state index in [0.29, 0.717) is 25.3 Å². The number of piperazine rings is 1. The van der Waals surface area contributed by atoms with Gasteiger partial charge in [0, 0.05) is 39.8 Å². The molecule has 1 atom stereocenters. The van der Waals surface area contributed by atoms with Crippen molar-refractivity contribution >= 4 is 5.91 Å². The van der Waals surface area contributed by atoms with Crippen LogP contribution in [-0.2, 0) is 7.05 Å². The number of hydrogen-bond donors (Lipinski definition) is 1. The van der Waals surface area contributed by atoms with Gasteiger partial charge < -0.3 is 10.0 Å². The summed E-state index contributed by atoms with van der Waals surface area (Å²) in [6.07, 6.45) is -0.492. The van der Waals surface area contributed by atoms with E-state index in [1.807, 2.05) is 48.2 Å². The fourth-order valence-corrected chi connectivity index (χ4v) is 3.13. The van der Waals surface area contributed by atoms with Crippen LogP contribution in [0.1, 0.15) is 27.8 Å². The molecule has 1 saturated heterocycles. The Balaban J connectivity index is 1.54. The molecule has 1 aromatic heterocycles. The molecule has 1 amide bonds. The quantitative estimate of drug-likeness (QED) is 0.917. The van der Waals surface area contributed by atoms with Crippen LogP contribution in [0.4, 0.5) is 0 Å². The monoisotopic (exact) mass is 328 g/mol. The zero-order valence-corrected chi connectivity index (χ0v) is 14.2. The summed E-state index contributed by atoms with van der Waals surface area (Å²) in [5.74, 6) is 0.0290. The summed E-state index contributed by atoms with van der Waals surface area (Å²) >= 11 is 0. The first-order valence-electron chi connectivity index (χ1n) is 8.30. The average molecular weight is 328 g/mol. The standard InChI is InChI=1S/C18H24N4O2/c1-14-12-16(20(2)19-14)18(24)22-10-8-21(9-11-22)13-17(23)15-6-4-3-5-7-15/h3-7,12,17,23H,8-11,13H2,1-2H3. The van der Waals surface area contributed by atoms with Crippen molar-refractivity contribution in [3.8, 4) is 0 Å². The smallest absolute Gasteiger partial charge is 0.272 e. The molecule has 3 rings (SSSR count). The van der Waals surface area contributed by atoms with Crippen LogP contribution in [0.5, 0.6) is 0 Å². The van der Waals surface area contributed by atoms with Crippen molar-refractivity contribution in [2.24, 2.45) is 7.05 Å². The zero-order chi connectivity index (χ0) is 17.1. The number of carbonyl (C=O) groups is 1. The molecule has 24 heavy (non-hydrogen) atoms. The summed E-state index contributed by atoms with van der Waals surface area (Å²) in [6.45, 7) is 5.37. The van der Waals surface area contributed by atoms with E-state index in [9.17, 15) is 9.90 Å². The molecule has 6 heteroatoms. The van der Waals surface area contributed by atoms with Gasteiger partial charge in [0.05, 0.1) is 11.8 Å². The summed E-state index contributed by atoms with van der Waals surface area (Å²) in [5, 5.41) is 14.6. The van der Waals surface area contributed by atoms with E-state index < -0.39 is 6.10 Å². The first-order valence-corrected chi connectivity index (χ1v) is 8.30. The van der Waals surface area contributed by atoms with Gasteiger partial charge in [0.1, 0.15) is 5.69 Å². The molecule has 2 heterocycles. The number of amides is 1. The molecule has 0 aliphatic carbocycles. The Morgan fingerprint density at radius 1 is 1.21 bits per heavy atom. The predicted octanol–water partition coefficient (Wildman–Crippen LogP) is 1.22. The van der Waals surface area contributed by atoms with Crippen LogP contribution in [0.3, 0.4) is 0 Å². The van der Waals surface area contributed by atoms with Gasteiger partial charge in [0.2, 0.25) is 0 Å². The zero-order valence-electron chi connectivity index (χ0n) is 14.2. The van der Waals surface area contributed by atoms with Crippen molar-refractivity contribution < 1.29 is 9.90 Å². The molecule has 1 aliphatic heterocycles. The lowest BCUT2D eigenvalue weighted by molar-refractivity contribution is 0.0519. The summed E-state index contributed by atoms with van der Waals surface area (Å²) in [7, 11) is 1.80. The number of hydrogen-bond acceptors (Lipinski definition) is 4. The van der Waals surface area contributed by atoms with Gasteiger partial charge in [-0.2, -0.15) is 5.10 Å². The molecule has 0 bridgehead atoms. The Labute approximate surface area is 142 Å². The number of benzene rings is 1. The van der Waals surface area contributed by atoms with Crippen molar-refractivity contribution in [3.05, 3.63) is 53.3 Å². The van der Waals surface area contributed by atoms with E-state index in [2.05, 4.69) is 10.00 Å². The van der Waals surface area contributed by atoms with Crippen LogP contribution in [0.2, 0.25) is 0 Å². The molecule has 6 nitrogen and oxygen atoms in total. The Morgan fingerprint density at radius 3 is 2.46 bits per heavy atom. The highest BCUT2D eigenvalue weighted by Crippen LogP contribution is 2.16. The highest BCUT2D eigenvalue weighted by atomic mass is 16.3. The third-order valence-electron chi connectivity index (χ3n) is 4.50. The minimum Gasteiger partial charge on any atom is -0.387 e. The first kappa shape index (κ1) is 16.7. The van der Waals surface area contributed by atoms with Crippen molar-refractivity contribution in [1.82, 2.24) is 19.6 Å². The molecule has 128 valence electrons. The Hall–Kier alpha value is -2.18. The van der Waals surface area contributed by atoms with E-state index in [0.717, 1.165) is 24.3 Å². The molecular weight excluding hydrogens is 304 g/mol. The van der Waals surface area contributed by atoms with Gasteiger partial charge in [-0.15, -0.1) is 0 Å². The van der Waals surface area contributed by atoms with Crippen LogP contribution >= 0.6 is 0 Å². The second kappa shape index (κ2) is 7.15. The van der Waals surface area contributed by atoms with Crippen molar-refractivity contribution in [2.75, 3.05) is 32.7 Å². The minimum absolute atomic E-state index is 0.0290. The van der Waals surface area contributed by atoms with Crippen LogP contribution in [0.25, 0.3) is 0 Å². The molecular formula is C18H24N4O2. The topological polar surface area (TPSA) is 61.6 Å². The molecule has 1 aliphatic rings. The van der Waals surface area contributed by atoms with Gasteiger partial charge in [0.25, 0.3) is 5.91 Å². The van der Waals surface area contributed by atoms with E-state index in [-0.39, 0.29) is 5.91 Å². The van der Waals surface area contributed by atoms with E-state index in [1.165, 1.54) is 0 Å². The number of aliphatic hydroxyl groups excluding tert-OH is 1. The molecule has 0 saturated carbocycles. The SMILES string of the molecule is Cc1cc(C(=O)N2CCN(CC(O)c3ccccc3)CC2)n(C)n1. The predicted molar refractivity (Wildman–Crippen MR) is 91.7 cm³/mol. The summed E-state index contributed by atoms with van der Waals surface area (Å²) in [5.41, 5.74) is 2.41. The van der Waals surface area contributed by atoms with Gasteiger partial charge in [-0.25, -0.2) is 0 Å². The van der Waals surface area contributed by atoms with Crippen molar-refractivity contribution in [1.29, 1.82) is 0 Å². The van der Waals surface area contributed by atoms with Gasteiger partial charge in [-0.05, 0) is 18.6 Å². The Morgan fingerprint density at radius 2 is 1.88 bits per heavy atom. The number of carbonyl (C=O) groups excluding carboxylic acids is 1. The van der Waals surface area contributed by atoms with Crippen molar-refractivity contribution in [3.63, 3.8) is 0 Å². The average Bonchev–Trinajstić information content (AvgIpc) is 2.94.